The molecular formula is C13H10O2. The van der Waals surface area contributed by atoms with Crippen LogP contribution in [0.25, 0.3) is 0 Å². The molecule has 0 fully saturated rings. The average molecular weight is 198 g/mol. The Hall–Kier alpha value is -1.83. The maximum atomic E-state index is 11.2. The van der Waals surface area contributed by atoms with Gasteiger partial charge in [0.1, 0.15) is 11.5 Å². The second-order valence-electron chi connectivity index (χ2n) is 3.79. The van der Waals surface area contributed by atoms with Crippen LogP contribution in [0, 0.1) is 0 Å². The third-order valence-corrected chi connectivity index (χ3v) is 2.73. The average Bonchev–Trinajstić information content (AvgIpc) is 2.26. The van der Waals surface area contributed by atoms with Crippen LogP contribution in [0.1, 0.15) is 12.0 Å². The minimum absolute atomic E-state index is 0.119. The molecule has 0 spiro atoms. The molecular weight excluding hydrogens is 188 g/mol. The third-order valence-electron chi connectivity index (χ3n) is 2.73. The van der Waals surface area contributed by atoms with Gasteiger partial charge in [-0.05, 0) is 17.2 Å². The summed E-state index contributed by atoms with van der Waals surface area (Å²) < 4.78 is 5.68. The summed E-state index contributed by atoms with van der Waals surface area (Å²) in [6.07, 6.45) is 4.94. The molecule has 0 saturated heterocycles. The highest BCUT2D eigenvalue weighted by Crippen LogP contribution is 2.33. The maximum Gasteiger partial charge on any atom is 0.163 e. The van der Waals surface area contributed by atoms with Gasteiger partial charge in [0, 0.05) is 18.9 Å². The zero-order chi connectivity index (χ0) is 10.3. The van der Waals surface area contributed by atoms with Crippen LogP contribution in [-0.4, -0.2) is 5.78 Å². The molecule has 74 valence electrons. The largest absolute Gasteiger partial charge is 0.457 e. The van der Waals surface area contributed by atoms with Crippen molar-refractivity contribution >= 4 is 5.78 Å². The number of hydrogen-bond acceptors (Lipinski definition) is 2. The second-order valence-corrected chi connectivity index (χ2v) is 3.79. The standard InChI is InChI=1S/C13H10O2/c14-11-6-5-10-7-9-3-1-2-4-12(9)15-13(10)8-11/h1-5,8H,6-7H2. The summed E-state index contributed by atoms with van der Waals surface area (Å²) in [4.78, 5) is 11.2. The van der Waals surface area contributed by atoms with Crippen LogP contribution in [0.5, 0.6) is 5.75 Å². The number of fused-ring (bicyclic) bond motifs is 2. The first-order valence-corrected chi connectivity index (χ1v) is 5.02. The number of carbonyl (C=O) groups is 1. The lowest BCUT2D eigenvalue weighted by Gasteiger charge is -2.23. The highest BCUT2D eigenvalue weighted by molar-refractivity contribution is 5.93. The maximum absolute atomic E-state index is 11.2. The molecule has 2 heteroatoms. The molecule has 3 rings (SSSR count). The van der Waals surface area contributed by atoms with Crippen LogP contribution in [-0.2, 0) is 11.2 Å². The molecule has 0 saturated carbocycles. The first kappa shape index (κ1) is 8.48. The molecule has 15 heavy (non-hydrogen) atoms. The Bertz CT molecular complexity index is 495. The summed E-state index contributed by atoms with van der Waals surface area (Å²) >= 11 is 0. The molecule has 0 unspecified atom stereocenters. The van der Waals surface area contributed by atoms with E-state index in [0.717, 1.165) is 23.5 Å². The molecule has 0 radical (unpaired) electrons. The summed E-state index contributed by atoms with van der Waals surface area (Å²) in [6.45, 7) is 0. The van der Waals surface area contributed by atoms with Gasteiger partial charge in [-0.3, -0.25) is 4.79 Å². The Balaban J connectivity index is 2.07. The van der Waals surface area contributed by atoms with E-state index in [4.69, 9.17) is 4.74 Å². The Labute approximate surface area is 87.9 Å². The number of benzene rings is 1. The number of ketones is 1. The van der Waals surface area contributed by atoms with Crippen LogP contribution in [0.2, 0.25) is 0 Å². The Kier molecular flexibility index (Phi) is 1.75. The van der Waals surface area contributed by atoms with Gasteiger partial charge in [-0.15, -0.1) is 0 Å². The zero-order valence-corrected chi connectivity index (χ0v) is 8.19. The first-order valence-electron chi connectivity index (χ1n) is 5.02. The Morgan fingerprint density at radius 3 is 3.00 bits per heavy atom. The van der Waals surface area contributed by atoms with Crippen molar-refractivity contribution < 1.29 is 9.53 Å². The van der Waals surface area contributed by atoms with E-state index in [1.807, 2.05) is 24.3 Å². The predicted molar refractivity (Wildman–Crippen MR) is 56.6 cm³/mol. The molecule has 1 heterocycles. The molecule has 1 aliphatic heterocycles. The minimum atomic E-state index is 0.119. The summed E-state index contributed by atoms with van der Waals surface area (Å²) in [5, 5.41) is 0. The Morgan fingerprint density at radius 2 is 2.07 bits per heavy atom. The van der Waals surface area contributed by atoms with Crippen molar-refractivity contribution in [1.29, 1.82) is 0 Å². The van der Waals surface area contributed by atoms with Crippen LogP contribution in [0.3, 0.4) is 0 Å². The van der Waals surface area contributed by atoms with Gasteiger partial charge < -0.3 is 4.74 Å². The quantitative estimate of drug-likeness (QED) is 0.639. The van der Waals surface area contributed by atoms with E-state index in [0.29, 0.717) is 6.42 Å². The van der Waals surface area contributed by atoms with E-state index in [9.17, 15) is 4.79 Å². The first-order chi connectivity index (χ1) is 7.33. The summed E-state index contributed by atoms with van der Waals surface area (Å²) in [5.74, 6) is 1.72. The molecule has 1 aromatic carbocycles. The summed E-state index contributed by atoms with van der Waals surface area (Å²) in [6, 6.07) is 7.94. The van der Waals surface area contributed by atoms with E-state index < -0.39 is 0 Å². The van der Waals surface area contributed by atoms with Gasteiger partial charge in [-0.1, -0.05) is 24.3 Å². The van der Waals surface area contributed by atoms with Gasteiger partial charge in [-0.25, -0.2) is 0 Å². The summed E-state index contributed by atoms with van der Waals surface area (Å²) in [5.41, 5.74) is 2.32. The molecule has 1 aromatic rings. The van der Waals surface area contributed by atoms with E-state index in [1.54, 1.807) is 6.08 Å². The van der Waals surface area contributed by atoms with Crippen molar-refractivity contribution in [3.8, 4) is 5.75 Å². The van der Waals surface area contributed by atoms with Crippen molar-refractivity contribution in [1.82, 2.24) is 0 Å². The van der Waals surface area contributed by atoms with Crippen LogP contribution < -0.4 is 4.74 Å². The lowest BCUT2D eigenvalue weighted by atomic mass is 9.94. The molecule has 2 nitrogen and oxygen atoms in total. The van der Waals surface area contributed by atoms with Crippen LogP contribution in [0.4, 0.5) is 0 Å². The van der Waals surface area contributed by atoms with Crippen molar-refractivity contribution in [2.24, 2.45) is 0 Å². The van der Waals surface area contributed by atoms with Crippen molar-refractivity contribution in [3.05, 3.63) is 53.3 Å². The van der Waals surface area contributed by atoms with E-state index in [1.165, 1.54) is 5.56 Å². The second kappa shape index (κ2) is 3.09. The number of ether oxygens (including phenoxy) is 1. The molecule has 0 N–H and O–H groups in total. The third kappa shape index (κ3) is 1.38. The van der Waals surface area contributed by atoms with Crippen molar-refractivity contribution in [3.63, 3.8) is 0 Å². The fourth-order valence-corrected chi connectivity index (χ4v) is 1.95. The molecule has 1 aliphatic carbocycles. The number of rotatable bonds is 0. The lowest BCUT2D eigenvalue weighted by molar-refractivity contribution is -0.114. The smallest absolute Gasteiger partial charge is 0.163 e. The van der Waals surface area contributed by atoms with Gasteiger partial charge in [0.25, 0.3) is 0 Å². The zero-order valence-electron chi connectivity index (χ0n) is 8.19. The van der Waals surface area contributed by atoms with Gasteiger partial charge in [0.15, 0.2) is 5.78 Å². The molecule has 0 atom stereocenters. The number of hydrogen-bond donors (Lipinski definition) is 0. The molecule has 2 aliphatic rings. The van der Waals surface area contributed by atoms with E-state index in [2.05, 4.69) is 6.07 Å². The molecule has 0 amide bonds. The normalized spacial score (nSPS) is 18.3. The monoisotopic (exact) mass is 198 g/mol. The molecule has 0 bridgehead atoms. The van der Waals surface area contributed by atoms with Gasteiger partial charge in [-0.2, -0.15) is 0 Å². The number of allylic oxidation sites excluding steroid dienone is 3. The van der Waals surface area contributed by atoms with Crippen molar-refractivity contribution in [2.45, 2.75) is 12.8 Å². The lowest BCUT2D eigenvalue weighted by Crippen LogP contribution is -2.15. The van der Waals surface area contributed by atoms with Gasteiger partial charge in [0.2, 0.25) is 0 Å². The van der Waals surface area contributed by atoms with Crippen molar-refractivity contribution in [2.75, 3.05) is 0 Å². The number of carbonyl (C=O) groups excluding carboxylic acids is 1. The fraction of sp³-hybridized carbons (Fsp3) is 0.154. The van der Waals surface area contributed by atoms with Crippen LogP contribution >= 0.6 is 0 Å². The van der Waals surface area contributed by atoms with Gasteiger partial charge in [0.05, 0.1) is 0 Å². The van der Waals surface area contributed by atoms with E-state index in [-0.39, 0.29) is 5.78 Å². The minimum Gasteiger partial charge on any atom is -0.457 e. The van der Waals surface area contributed by atoms with E-state index >= 15 is 0 Å². The number of para-hydroxylation sites is 1. The highest BCUT2D eigenvalue weighted by atomic mass is 16.5. The SMILES string of the molecule is O=C1C=C2Oc3ccccc3CC2=CC1. The predicted octanol–water partition coefficient (Wildman–Crippen LogP) is 2.40. The van der Waals surface area contributed by atoms with Gasteiger partial charge >= 0.3 is 0 Å². The summed E-state index contributed by atoms with van der Waals surface area (Å²) in [7, 11) is 0. The Morgan fingerprint density at radius 1 is 1.20 bits per heavy atom. The highest BCUT2D eigenvalue weighted by Gasteiger charge is 2.22. The fourth-order valence-electron chi connectivity index (χ4n) is 1.95. The topological polar surface area (TPSA) is 26.3 Å². The molecule has 0 aromatic heterocycles. The van der Waals surface area contributed by atoms with Crippen LogP contribution in [0.15, 0.2) is 47.7 Å².